The van der Waals surface area contributed by atoms with Crippen LogP contribution in [0.2, 0.25) is 0 Å². The molecule has 3 N–H and O–H groups in total. The summed E-state index contributed by atoms with van der Waals surface area (Å²) in [4.78, 5) is 39.3. The van der Waals surface area contributed by atoms with Crippen molar-refractivity contribution in [1.82, 2.24) is 15.1 Å². The zero-order valence-electron chi connectivity index (χ0n) is 14.8. The van der Waals surface area contributed by atoms with E-state index in [0.29, 0.717) is 47.2 Å². The Balaban J connectivity index is 1.72. The number of nitrogens with one attached hydrogen (secondary N) is 2. The van der Waals surface area contributed by atoms with Crippen molar-refractivity contribution in [3.8, 4) is 5.88 Å². The summed E-state index contributed by atoms with van der Waals surface area (Å²) in [7, 11) is 0. The molecule has 28 heavy (non-hydrogen) atoms. The summed E-state index contributed by atoms with van der Waals surface area (Å²) >= 11 is 0. The number of hydrogen-bond donors (Lipinski definition) is 3. The van der Waals surface area contributed by atoms with Crippen molar-refractivity contribution in [2.45, 2.75) is 38.9 Å². The molecule has 1 aromatic carbocycles. The fourth-order valence-electron chi connectivity index (χ4n) is 3.55. The van der Waals surface area contributed by atoms with Crippen LogP contribution in [-0.2, 0) is 24.2 Å². The maximum atomic E-state index is 11.8. The molecule has 0 spiro atoms. The lowest BCUT2D eigenvalue weighted by Crippen LogP contribution is -2.31. The molecular weight excluding hydrogens is 372 g/mol. The van der Waals surface area contributed by atoms with Crippen LogP contribution in [0.15, 0.2) is 20.2 Å². The number of aryl methyl sites for hydroxylation is 1. The van der Waals surface area contributed by atoms with Gasteiger partial charge in [0.2, 0.25) is 0 Å². The first kappa shape index (κ1) is 17.9. The van der Waals surface area contributed by atoms with Crippen LogP contribution in [0.1, 0.15) is 28.9 Å². The second-order valence-corrected chi connectivity index (χ2v) is 6.66. The van der Waals surface area contributed by atoms with Crippen molar-refractivity contribution in [3.63, 3.8) is 0 Å². The van der Waals surface area contributed by atoms with Crippen LogP contribution >= 0.6 is 0 Å². The molecule has 1 unspecified atom stereocenters. The van der Waals surface area contributed by atoms with E-state index >= 15 is 0 Å². The molecule has 11 heteroatoms. The largest absolute Gasteiger partial charge is 0.491 e. The van der Waals surface area contributed by atoms with Gasteiger partial charge in [0.1, 0.15) is 5.76 Å². The fourth-order valence-corrected chi connectivity index (χ4v) is 3.55. The first-order chi connectivity index (χ1) is 13.3. The quantitative estimate of drug-likeness (QED) is 0.341. The number of aromatic amines is 2. The molecule has 1 atom stereocenters. The second-order valence-electron chi connectivity index (χ2n) is 6.66. The van der Waals surface area contributed by atoms with Gasteiger partial charge in [-0.2, -0.15) is 0 Å². The van der Waals surface area contributed by atoms with Crippen molar-refractivity contribution in [3.05, 3.63) is 59.3 Å². The number of nitro benzene ring substituents is 1. The Labute approximate surface area is 156 Å². The van der Waals surface area contributed by atoms with E-state index in [9.17, 15) is 24.8 Å². The summed E-state index contributed by atoms with van der Waals surface area (Å²) in [5.41, 5.74) is 0.291. The third kappa shape index (κ3) is 2.95. The van der Waals surface area contributed by atoms with Gasteiger partial charge in [0.05, 0.1) is 34.2 Å². The Morgan fingerprint density at radius 2 is 2.11 bits per heavy atom. The highest BCUT2D eigenvalue weighted by Crippen LogP contribution is 2.35. The lowest BCUT2D eigenvalue weighted by Gasteiger charge is -2.25. The molecule has 0 amide bonds. The van der Waals surface area contributed by atoms with Crippen LogP contribution in [0, 0.1) is 17.0 Å². The summed E-state index contributed by atoms with van der Waals surface area (Å²) in [5, 5.41) is 24.6. The Morgan fingerprint density at radius 1 is 1.36 bits per heavy atom. The van der Waals surface area contributed by atoms with E-state index in [1.165, 1.54) is 6.07 Å². The van der Waals surface area contributed by atoms with E-state index in [0.717, 1.165) is 0 Å². The van der Waals surface area contributed by atoms with Gasteiger partial charge in [-0.05, 0) is 30.5 Å². The molecule has 0 fully saturated rings. The van der Waals surface area contributed by atoms with E-state index in [-0.39, 0.29) is 29.8 Å². The van der Waals surface area contributed by atoms with Gasteiger partial charge in [0.15, 0.2) is 0 Å². The fraction of sp³-hybridized carbons (Fsp3) is 0.353. The smallest absolute Gasteiger partial charge is 0.314 e. The average molecular weight is 388 g/mol. The van der Waals surface area contributed by atoms with Crippen LogP contribution < -0.4 is 11.1 Å². The Hall–Kier alpha value is -3.47. The summed E-state index contributed by atoms with van der Waals surface area (Å²) in [6.07, 6.45) is 0.905. The predicted molar refractivity (Wildman–Crippen MR) is 95.4 cm³/mol. The summed E-state index contributed by atoms with van der Waals surface area (Å²) < 4.78 is 10.7. The van der Waals surface area contributed by atoms with Gasteiger partial charge in [0.25, 0.3) is 11.6 Å². The molecule has 1 aliphatic carbocycles. The average Bonchev–Trinajstić information content (AvgIpc) is 2.98. The van der Waals surface area contributed by atoms with E-state index < -0.39 is 16.0 Å². The molecule has 1 aliphatic rings. The van der Waals surface area contributed by atoms with Crippen molar-refractivity contribution in [2.75, 3.05) is 0 Å². The van der Waals surface area contributed by atoms with Crippen molar-refractivity contribution >= 4 is 16.7 Å². The molecule has 0 saturated heterocycles. The molecule has 3 aromatic rings. The summed E-state index contributed by atoms with van der Waals surface area (Å²) in [6.45, 7) is 1.72. The third-order valence-corrected chi connectivity index (χ3v) is 4.99. The molecule has 146 valence electrons. The number of rotatable bonds is 4. The van der Waals surface area contributed by atoms with Crippen LogP contribution in [0.5, 0.6) is 5.88 Å². The molecule has 0 radical (unpaired) electrons. The first-order valence-corrected chi connectivity index (χ1v) is 8.56. The minimum atomic E-state index is -0.872. The van der Waals surface area contributed by atoms with Crippen LogP contribution in [0.25, 0.3) is 11.0 Å². The maximum Gasteiger partial charge on any atom is 0.314 e. The number of ether oxygens (including phenoxy) is 1. The van der Waals surface area contributed by atoms with Gasteiger partial charge in [-0.1, -0.05) is 0 Å². The minimum absolute atomic E-state index is 0.0708. The van der Waals surface area contributed by atoms with Crippen molar-refractivity contribution < 1.29 is 19.3 Å². The highest BCUT2D eigenvalue weighted by atomic mass is 16.6. The van der Waals surface area contributed by atoms with Gasteiger partial charge >= 0.3 is 11.1 Å². The molecule has 0 saturated carbocycles. The lowest BCUT2D eigenvalue weighted by atomic mass is 9.87. The molecular formula is C17H16N4O7. The summed E-state index contributed by atoms with van der Waals surface area (Å²) in [5.74, 6) is 0.202. The van der Waals surface area contributed by atoms with Gasteiger partial charge < -0.3 is 24.3 Å². The van der Waals surface area contributed by atoms with E-state index in [1.54, 1.807) is 6.92 Å². The van der Waals surface area contributed by atoms with Crippen LogP contribution in [0.3, 0.4) is 0 Å². The zero-order valence-corrected chi connectivity index (χ0v) is 14.8. The Kier molecular flexibility index (Phi) is 4.23. The minimum Gasteiger partial charge on any atom is -0.491 e. The maximum absolute atomic E-state index is 11.8. The van der Waals surface area contributed by atoms with Crippen molar-refractivity contribution in [1.29, 1.82) is 0 Å². The van der Waals surface area contributed by atoms with Gasteiger partial charge in [-0.15, -0.1) is 0 Å². The van der Waals surface area contributed by atoms with Gasteiger partial charge in [0, 0.05) is 18.1 Å². The standard InChI is InChI=1S/C17H16N4O7/c1-7-11(15(22)20-28-7)6-27-8-2-3-9-10(4-8)14-12(5-13(9)21(25)26)18-16(23)17(24)19-14/h5,8H,2-4,6H2,1H3,(H,18,23)(H,19,24)(H,20,22). The number of benzene rings is 1. The molecule has 2 aromatic heterocycles. The second kappa shape index (κ2) is 6.60. The van der Waals surface area contributed by atoms with E-state index in [2.05, 4.69) is 15.1 Å². The number of fused-ring (bicyclic) bond motifs is 3. The third-order valence-electron chi connectivity index (χ3n) is 4.99. The number of aromatic hydroxyl groups is 1. The van der Waals surface area contributed by atoms with E-state index in [4.69, 9.17) is 9.26 Å². The highest BCUT2D eigenvalue weighted by molar-refractivity contribution is 5.83. The number of H-pyrrole nitrogens is 2. The molecule has 11 nitrogen and oxygen atoms in total. The number of aromatic nitrogens is 3. The predicted octanol–water partition coefficient (Wildman–Crippen LogP) is 1.20. The van der Waals surface area contributed by atoms with E-state index in [1.807, 2.05) is 0 Å². The zero-order chi connectivity index (χ0) is 20.0. The van der Waals surface area contributed by atoms with Gasteiger partial charge in [-0.3, -0.25) is 19.7 Å². The molecule has 0 bridgehead atoms. The molecule has 2 heterocycles. The lowest BCUT2D eigenvalue weighted by molar-refractivity contribution is -0.385. The normalized spacial score (nSPS) is 16.2. The topological polar surface area (TPSA) is 164 Å². The number of nitrogens with zero attached hydrogens (tertiary/aromatic N) is 2. The molecule has 0 aliphatic heterocycles. The summed E-state index contributed by atoms with van der Waals surface area (Å²) in [6, 6.07) is 1.27. The van der Waals surface area contributed by atoms with Crippen LogP contribution in [0.4, 0.5) is 5.69 Å². The number of hydrogen-bond acceptors (Lipinski definition) is 8. The Bertz CT molecular complexity index is 1190. The SMILES string of the molecule is Cc1onc(O)c1COC1CCc2c([N+](=O)[O-])cc3[nH]c(=O)c(=O)[nH]c3c2C1. The van der Waals surface area contributed by atoms with Crippen LogP contribution in [-0.4, -0.2) is 31.3 Å². The monoisotopic (exact) mass is 388 g/mol. The Morgan fingerprint density at radius 3 is 2.79 bits per heavy atom. The molecule has 4 rings (SSSR count). The van der Waals surface area contributed by atoms with Gasteiger partial charge in [-0.25, -0.2) is 0 Å². The number of nitro groups is 1. The highest BCUT2D eigenvalue weighted by Gasteiger charge is 2.29. The van der Waals surface area contributed by atoms with Crippen molar-refractivity contribution in [2.24, 2.45) is 0 Å². The first-order valence-electron chi connectivity index (χ1n) is 8.56.